The molecule has 0 atom stereocenters. The standard InChI is InChI=1S/C25H35N5O3.C2H7NO/c1-6-19-15-20(13-17(4)23(19)32-12-10-26-9-11-31)24-28-25(33-29-24)21-14-18(5)27-22(16-21)30(7-2)8-3;3-1-2-4/h13-16,26,31H,6-12H2,1-5H3;4H,1-3H2. The number of ether oxygens (including phenoxy) is 1. The number of aliphatic hydroxyl groups is 2. The molecule has 0 spiro atoms. The van der Waals surface area contributed by atoms with Gasteiger partial charge in [0.2, 0.25) is 5.82 Å². The van der Waals surface area contributed by atoms with E-state index in [1.54, 1.807) is 0 Å². The number of benzene rings is 1. The molecule has 0 amide bonds. The zero-order valence-corrected chi connectivity index (χ0v) is 22.8. The molecule has 0 saturated heterocycles. The van der Waals surface area contributed by atoms with Gasteiger partial charge in [-0.15, -0.1) is 0 Å². The average Bonchev–Trinajstić information content (AvgIpc) is 3.40. The summed E-state index contributed by atoms with van der Waals surface area (Å²) in [5.74, 6) is 2.84. The van der Waals surface area contributed by atoms with Crippen LogP contribution in [0, 0.1) is 13.8 Å². The summed E-state index contributed by atoms with van der Waals surface area (Å²) in [6, 6.07) is 8.07. The first-order chi connectivity index (χ1) is 17.9. The maximum atomic E-state index is 8.87. The third-order valence-electron chi connectivity index (χ3n) is 5.63. The van der Waals surface area contributed by atoms with Gasteiger partial charge in [0, 0.05) is 49.5 Å². The number of aryl methyl sites for hydroxylation is 3. The van der Waals surface area contributed by atoms with Crippen LogP contribution in [0.4, 0.5) is 5.82 Å². The molecular formula is C27H42N6O4. The van der Waals surface area contributed by atoms with Crippen molar-refractivity contribution >= 4 is 5.82 Å². The topological polar surface area (TPSA) is 143 Å². The number of aromatic nitrogens is 3. The van der Waals surface area contributed by atoms with E-state index < -0.39 is 0 Å². The highest BCUT2D eigenvalue weighted by atomic mass is 16.5. The number of anilines is 1. The first kappa shape index (κ1) is 30.2. The quantitative estimate of drug-likeness (QED) is 0.251. The molecule has 0 radical (unpaired) electrons. The molecule has 1 aromatic carbocycles. The molecule has 2 aromatic heterocycles. The molecule has 5 N–H and O–H groups in total. The molecule has 37 heavy (non-hydrogen) atoms. The molecule has 0 bridgehead atoms. The molecule has 204 valence electrons. The molecule has 10 heteroatoms. The van der Waals surface area contributed by atoms with Crippen molar-refractivity contribution in [3.05, 3.63) is 41.1 Å². The minimum Gasteiger partial charge on any atom is -0.492 e. The first-order valence-electron chi connectivity index (χ1n) is 12.9. The number of pyridine rings is 1. The van der Waals surface area contributed by atoms with Crippen molar-refractivity contribution in [1.29, 1.82) is 0 Å². The summed E-state index contributed by atoms with van der Waals surface area (Å²) in [5, 5.41) is 24.0. The Kier molecular flexibility index (Phi) is 13.0. The SMILES string of the molecule is CCc1cc(-c2noc(-c3cc(C)nc(N(CC)CC)c3)n2)cc(C)c1OCCNCCO.NCCO. The van der Waals surface area contributed by atoms with Crippen LogP contribution in [0.5, 0.6) is 5.75 Å². The summed E-state index contributed by atoms with van der Waals surface area (Å²) in [5.41, 5.74) is 9.59. The van der Waals surface area contributed by atoms with Crippen LogP contribution < -0.4 is 20.7 Å². The first-order valence-corrected chi connectivity index (χ1v) is 12.9. The number of aliphatic hydroxyl groups excluding tert-OH is 2. The number of hydrogen-bond acceptors (Lipinski definition) is 10. The maximum absolute atomic E-state index is 8.87. The third-order valence-corrected chi connectivity index (χ3v) is 5.63. The van der Waals surface area contributed by atoms with E-state index in [2.05, 4.69) is 52.2 Å². The van der Waals surface area contributed by atoms with Gasteiger partial charge in [-0.1, -0.05) is 12.1 Å². The second-order valence-electron chi connectivity index (χ2n) is 8.42. The van der Waals surface area contributed by atoms with E-state index in [0.29, 0.717) is 38.0 Å². The fourth-order valence-corrected chi connectivity index (χ4v) is 3.82. The highest BCUT2D eigenvalue weighted by Crippen LogP contribution is 2.31. The van der Waals surface area contributed by atoms with Gasteiger partial charge in [0.25, 0.3) is 5.89 Å². The molecule has 10 nitrogen and oxygen atoms in total. The Balaban J connectivity index is 0.00000112. The van der Waals surface area contributed by atoms with Gasteiger partial charge in [0.1, 0.15) is 18.2 Å². The van der Waals surface area contributed by atoms with Crippen molar-refractivity contribution in [2.45, 2.75) is 41.0 Å². The highest BCUT2D eigenvalue weighted by Gasteiger charge is 2.17. The normalized spacial score (nSPS) is 10.7. The van der Waals surface area contributed by atoms with Gasteiger partial charge in [0.05, 0.1) is 13.2 Å². The zero-order valence-electron chi connectivity index (χ0n) is 22.8. The third kappa shape index (κ3) is 8.78. The Morgan fingerprint density at radius 3 is 2.32 bits per heavy atom. The number of rotatable bonds is 13. The molecular weight excluding hydrogens is 472 g/mol. The van der Waals surface area contributed by atoms with E-state index in [0.717, 1.165) is 59.0 Å². The van der Waals surface area contributed by atoms with Crippen LogP contribution in [-0.2, 0) is 6.42 Å². The van der Waals surface area contributed by atoms with Crippen molar-refractivity contribution in [1.82, 2.24) is 20.4 Å². The van der Waals surface area contributed by atoms with Crippen LogP contribution >= 0.6 is 0 Å². The summed E-state index contributed by atoms with van der Waals surface area (Å²) in [4.78, 5) is 11.5. The fourth-order valence-electron chi connectivity index (χ4n) is 3.82. The molecule has 0 unspecified atom stereocenters. The van der Waals surface area contributed by atoms with E-state index in [1.807, 2.05) is 32.0 Å². The van der Waals surface area contributed by atoms with Gasteiger partial charge >= 0.3 is 0 Å². The van der Waals surface area contributed by atoms with Gasteiger partial charge in [-0.25, -0.2) is 4.98 Å². The summed E-state index contributed by atoms with van der Waals surface area (Å²) in [6.45, 7) is 14.5. The lowest BCUT2D eigenvalue weighted by molar-refractivity contribution is 0.274. The number of nitrogens with zero attached hydrogens (tertiary/aromatic N) is 4. The lowest BCUT2D eigenvalue weighted by atomic mass is 10.0. The van der Waals surface area contributed by atoms with Crippen molar-refractivity contribution < 1.29 is 19.5 Å². The van der Waals surface area contributed by atoms with Crippen LogP contribution in [0.15, 0.2) is 28.8 Å². The number of nitrogens with one attached hydrogen (secondary N) is 1. The van der Waals surface area contributed by atoms with E-state index in [1.165, 1.54) is 0 Å². The Labute approximate surface area is 219 Å². The number of hydrogen-bond donors (Lipinski definition) is 4. The smallest absolute Gasteiger partial charge is 0.258 e. The van der Waals surface area contributed by atoms with Gasteiger partial charge in [-0.05, 0) is 69.5 Å². The highest BCUT2D eigenvalue weighted by molar-refractivity contribution is 5.65. The van der Waals surface area contributed by atoms with E-state index in [-0.39, 0.29) is 13.2 Å². The lowest BCUT2D eigenvalue weighted by Crippen LogP contribution is -2.24. The molecule has 0 aliphatic heterocycles. The van der Waals surface area contributed by atoms with Gasteiger partial charge < -0.3 is 35.4 Å². The van der Waals surface area contributed by atoms with Crippen molar-refractivity contribution in [3.8, 4) is 28.6 Å². The maximum Gasteiger partial charge on any atom is 0.258 e. The van der Waals surface area contributed by atoms with E-state index in [4.69, 9.17) is 25.2 Å². The molecule has 0 saturated carbocycles. The van der Waals surface area contributed by atoms with Crippen LogP contribution in [0.3, 0.4) is 0 Å². The molecule has 3 rings (SSSR count). The molecule has 0 aliphatic carbocycles. The minimum atomic E-state index is 0.0972. The van der Waals surface area contributed by atoms with Crippen molar-refractivity contribution in [2.24, 2.45) is 5.73 Å². The lowest BCUT2D eigenvalue weighted by Gasteiger charge is -2.20. The average molecular weight is 515 g/mol. The Hall–Kier alpha value is -3.05. The second kappa shape index (κ2) is 15.9. The molecule has 3 aromatic rings. The minimum absolute atomic E-state index is 0.0972. The zero-order chi connectivity index (χ0) is 27.2. The molecule has 0 aliphatic rings. The van der Waals surface area contributed by atoms with Crippen LogP contribution in [0.25, 0.3) is 22.8 Å². The largest absolute Gasteiger partial charge is 0.492 e. The van der Waals surface area contributed by atoms with E-state index in [9.17, 15) is 0 Å². The van der Waals surface area contributed by atoms with Crippen molar-refractivity contribution in [3.63, 3.8) is 0 Å². The van der Waals surface area contributed by atoms with E-state index >= 15 is 0 Å². The predicted molar refractivity (Wildman–Crippen MR) is 147 cm³/mol. The molecule has 2 heterocycles. The van der Waals surface area contributed by atoms with Gasteiger partial charge in [-0.3, -0.25) is 0 Å². The number of nitrogens with two attached hydrogens (primary N) is 1. The molecule has 0 fully saturated rings. The summed E-state index contributed by atoms with van der Waals surface area (Å²) in [6.07, 6.45) is 0.829. The Bertz CT molecular complexity index is 1080. The van der Waals surface area contributed by atoms with Crippen LogP contribution in [-0.4, -0.2) is 77.9 Å². The van der Waals surface area contributed by atoms with Crippen molar-refractivity contribution in [2.75, 3.05) is 57.4 Å². The second-order valence-corrected chi connectivity index (χ2v) is 8.42. The fraction of sp³-hybridized carbons (Fsp3) is 0.519. The predicted octanol–water partition coefficient (Wildman–Crippen LogP) is 2.72. The summed E-state index contributed by atoms with van der Waals surface area (Å²) < 4.78 is 11.7. The Morgan fingerprint density at radius 1 is 0.973 bits per heavy atom. The van der Waals surface area contributed by atoms with Crippen LogP contribution in [0.1, 0.15) is 37.6 Å². The summed E-state index contributed by atoms with van der Waals surface area (Å²) >= 11 is 0. The Morgan fingerprint density at radius 2 is 1.70 bits per heavy atom. The monoisotopic (exact) mass is 514 g/mol. The van der Waals surface area contributed by atoms with Gasteiger partial charge in [0.15, 0.2) is 0 Å². The summed E-state index contributed by atoms with van der Waals surface area (Å²) in [7, 11) is 0. The van der Waals surface area contributed by atoms with Crippen LogP contribution in [0.2, 0.25) is 0 Å². The van der Waals surface area contributed by atoms with Gasteiger partial charge in [-0.2, -0.15) is 4.98 Å².